The third kappa shape index (κ3) is 48.1. The second-order valence-electron chi connectivity index (χ2n) is 37.6. The molecule has 5 heterocycles. The summed E-state index contributed by atoms with van der Waals surface area (Å²) in [5.74, 6) is -12.4. The van der Waals surface area contributed by atoms with Crippen molar-refractivity contribution in [2.75, 3.05) is 72.8 Å². The highest BCUT2D eigenvalue weighted by Crippen LogP contribution is 2.27. The Kier molecular flexibility index (Phi) is 58.0. The van der Waals surface area contributed by atoms with E-state index in [2.05, 4.69) is 99.4 Å². The van der Waals surface area contributed by atoms with Crippen LogP contribution in [-0.4, -0.2) is 303 Å². The fraction of sp³-hybridized carbons (Fsp3) is 0.634. The molecule has 0 saturated carbocycles. The molecule has 47 heteroatoms. The van der Waals surface area contributed by atoms with Crippen molar-refractivity contribution in [2.45, 2.75) is 325 Å². The number of aromatic nitrogens is 5. The van der Waals surface area contributed by atoms with Crippen LogP contribution in [0.1, 0.15) is 256 Å². The Bertz CT molecular complexity index is 5000. The lowest BCUT2D eigenvalue weighted by Crippen LogP contribution is -2.60. The number of hydrogen-bond donors (Lipinski definition) is 21. The number of primary amides is 1. The maximum Gasteiger partial charge on any atom is 0.303 e. The van der Waals surface area contributed by atoms with Gasteiger partial charge in [-0.25, -0.2) is 0 Å². The van der Waals surface area contributed by atoms with Gasteiger partial charge in [0.25, 0.3) is 0 Å². The third-order valence-corrected chi connectivity index (χ3v) is 25.5. The SMILES string of the molecule is CC(=O)[C@@H]1CCCCCC(=O)CC[C@H](C)C(=O)N2C[C@H](O)C[C@H]2C(=O)N[C@H](Cc2ccccc2)C(=O)N[C@@H](CCCN=C(N)N)C(=O)N[C@@H](Cc2c[nH]c3ccccc23)C(=O)N1.CCCC[C@H](NC(=O)[C@H](CN)NC(=O)[C@H](CC1=CCC=N1)NC(=O)[C@H](CCC(N)=O)NC(=O)[C@H](CO)NC(=O)CNC(=O)COCCOCCNC(=O)[C@@H](CCC(=O)O)CC(=O)CCCCCCCCCCCCCCCc1nn[nH]n1)C(=O)NC. The molecule has 0 aliphatic carbocycles. The van der Waals surface area contributed by atoms with Gasteiger partial charge in [0.15, 0.2) is 17.6 Å². The van der Waals surface area contributed by atoms with Gasteiger partial charge in [-0.05, 0) is 88.3 Å². The van der Waals surface area contributed by atoms with Gasteiger partial charge in [-0.2, -0.15) is 5.21 Å². The number of aliphatic hydroxyl groups excluding tert-OH is 2. The summed E-state index contributed by atoms with van der Waals surface area (Å²) in [7, 11) is 1.42. The van der Waals surface area contributed by atoms with Gasteiger partial charge >= 0.3 is 5.97 Å². The summed E-state index contributed by atoms with van der Waals surface area (Å²) in [5.41, 5.74) is 25.0. The number of likely N-dealkylation sites (N-methyl/N-ethyl adjacent to an activating group) is 1. The molecule has 13 atom stereocenters. The van der Waals surface area contributed by atoms with Crippen molar-refractivity contribution >= 4 is 129 Å². The average molecular weight is 2070 g/mol. The van der Waals surface area contributed by atoms with E-state index in [0.717, 1.165) is 67.2 Å². The van der Waals surface area contributed by atoms with Crippen LogP contribution in [0.25, 0.3) is 10.9 Å². The number of unbranched alkanes of at least 4 members (excludes halogenated alkanes) is 13. The smallest absolute Gasteiger partial charge is 0.303 e. The lowest BCUT2D eigenvalue weighted by atomic mass is 9.93. The summed E-state index contributed by atoms with van der Waals surface area (Å²) in [6, 6.07) is 3.92. The molecule has 47 nitrogen and oxygen atoms in total. The number of aryl methyl sites for hydroxylation is 1. The summed E-state index contributed by atoms with van der Waals surface area (Å²) in [6.45, 7) is 2.58. The maximum absolute atomic E-state index is 14.4. The number of nitrogens with two attached hydrogens (primary N) is 4. The number of para-hydroxylation sites is 1. The number of nitrogens with zero attached hydrogens (tertiary/aromatic N) is 6. The first kappa shape index (κ1) is 123. The van der Waals surface area contributed by atoms with Crippen molar-refractivity contribution in [3.8, 4) is 0 Å². The molecule has 0 radical (unpaired) electrons. The number of rotatable bonds is 61. The molecule has 4 aromatic rings. The molecule has 3 aliphatic rings. The first-order valence-corrected chi connectivity index (χ1v) is 51.7. The number of carboxylic acid groups (broad SMARTS) is 1. The number of aromatic amines is 2. The minimum atomic E-state index is -1.67. The number of carbonyl (C=O) groups excluding carboxylic acids is 17. The first-order chi connectivity index (χ1) is 71.1. The number of carbonyl (C=O) groups is 18. The van der Waals surface area contributed by atoms with Gasteiger partial charge in [-0.15, -0.1) is 10.2 Å². The number of benzene rings is 2. The third-order valence-electron chi connectivity index (χ3n) is 25.5. The Balaban J connectivity index is 0.000000474. The van der Waals surface area contributed by atoms with Gasteiger partial charge in [0.2, 0.25) is 82.7 Å². The van der Waals surface area contributed by atoms with Crippen LogP contribution < -0.4 is 86.7 Å². The number of aliphatic carboxylic acids is 1. The topological polar surface area (TPSA) is 733 Å². The number of nitrogens with one attached hydrogen (secondary N) is 14. The summed E-state index contributed by atoms with van der Waals surface area (Å²) in [5, 5.41) is 75.7. The molecule has 2 aromatic heterocycles. The lowest BCUT2D eigenvalue weighted by Gasteiger charge is -2.29. The molecule has 7 rings (SSSR count). The number of H-pyrrole nitrogens is 2. The number of guanidine groups is 1. The number of tetrazole rings is 1. The van der Waals surface area contributed by atoms with E-state index in [-0.39, 0.29) is 159 Å². The van der Waals surface area contributed by atoms with Crippen molar-refractivity contribution in [3.63, 3.8) is 0 Å². The van der Waals surface area contributed by atoms with Crippen LogP contribution in [-0.2, 0) is 115 Å². The van der Waals surface area contributed by atoms with Gasteiger partial charge in [0.05, 0.1) is 45.1 Å². The van der Waals surface area contributed by atoms with Crippen LogP contribution >= 0.6 is 0 Å². The minimum Gasteiger partial charge on any atom is -0.481 e. The van der Waals surface area contributed by atoms with E-state index >= 15 is 0 Å². The second-order valence-corrected chi connectivity index (χ2v) is 37.6. The van der Waals surface area contributed by atoms with Crippen molar-refractivity contribution < 1.29 is 111 Å². The Morgan fingerprint density at radius 3 is 1.89 bits per heavy atom. The highest BCUT2D eigenvalue weighted by atomic mass is 16.5. The van der Waals surface area contributed by atoms with Gasteiger partial charge in [-0.3, -0.25) is 96.3 Å². The predicted molar refractivity (Wildman–Crippen MR) is 547 cm³/mol. The molecule has 25 N–H and O–H groups in total. The van der Waals surface area contributed by atoms with Crippen LogP contribution in [0, 0.1) is 11.8 Å². The maximum atomic E-state index is 14.4. The monoisotopic (exact) mass is 2070 g/mol. The molecular formula is C101H156N24O23. The van der Waals surface area contributed by atoms with Gasteiger partial charge in [0.1, 0.15) is 72.5 Å². The minimum absolute atomic E-state index is 0.0111. The fourth-order valence-corrected chi connectivity index (χ4v) is 17.1. The molecule has 2 fully saturated rings. The molecule has 14 amide bonds. The molecule has 2 aromatic carbocycles. The van der Waals surface area contributed by atoms with E-state index in [1.165, 1.54) is 63.8 Å². The standard InChI is InChI=1S/C56H95N15O15.C45H61N9O8/c1-3-4-21-41(52(80)59-2)64-55(83)44(34-57)67-54(82)43(33-39-19-18-27-60-39)66-53(81)42(24-25-46(58)74)65-56(84)45(36-72)63-48(75)35-62-49(76)37-86-31-30-85-29-28-61-51(79)38(23-26-50(77)78)32-40(73)20-16-14-12-10-8-6-5-7-9-11-13-15-17-22-47-68-70-71-69-47;1-27-19-20-31(56)14-7-4-8-16-34(28(2)55)50-42(60)38(23-30-25-49-35-17-10-9-15-33(30)35)52-40(58)36(18-11-21-48-45(46)47)51-41(59)37(22-29-12-5-3-6-13-29)53-43(61)39-24-32(57)26-54(39)44(27)62/h19,27,38,41-45,72H,3-18,20-26,28-37,57H2,1-2H3,(H2,58,74)(H,59,80)(H,61,79)(H,62,76)(H,63,75)(H,64,83)(H,65,84)(H,66,81)(H,67,82)(H,77,78)(H,68,69,70,71);3,5-6,9-10,12-13,15,17,25,27,32,34,36-39,49,57H,4,7-8,11,14,16,18-24,26H2,1-2H3,(H,50,60)(H,51,59)(H,52,58)(H,53,61)(H4,46,47,48)/t38-,41-,42-,43-,44-,45-;27-,32+,34-,36-,37+,38-,39-/m00/s1. The van der Waals surface area contributed by atoms with Gasteiger partial charge in [-0.1, -0.05) is 170 Å². The van der Waals surface area contributed by atoms with Crippen molar-refractivity contribution in [3.05, 3.63) is 89.5 Å². The zero-order valence-corrected chi connectivity index (χ0v) is 85.7. The van der Waals surface area contributed by atoms with E-state index < -0.39 is 187 Å². The summed E-state index contributed by atoms with van der Waals surface area (Å²) < 4.78 is 10.7. The number of ketones is 3. The predicted octanol–water partition coefficient (Wildman–Crippen LogP) is 0.681. The first-order valence-electron chi connectivity index (χ1n) is 51.7. The van der Waals surface area contributed by atoms with Crippen LogP contribution in [0.3, 0.4) is 0 Å². The number of Topliss-reactive ketones (excluding diaryl/α,β-unsaturated/α-hetero) is 3. The summed E-state index contributed by atoms with van der Waals surface area (Å²) >= 11 is 0. The van der Waals surface area contributed by atoms with E-state index in [1.807, 2.05) is 31.2 Å². The number of allylic oxidation sites excluding steroid dienone is 1. The zero-order valence-electron chi connectivity index (χ0n) is 85.7. The molecule has 818 valence electrons. The van der Waals surface area contributed by atoms with Crippen molar-refractivity contribution in [2.24, 2.45) is 44.8 Å². The number of amides is 14. The fourth-order valence-electron chi connectivity index (χ4n) is 17.1. The number of aliphatic hydroxyl groups is 2. The Labute approximate surface area is 862 Å². The normalized spacial score (nSPS) is 18.7. The van der Waals surface area contributed by atoms with Crippen molar-refractivity contribution in [1.82, 2.24) is 94.3 Å². The Hall–Kier alpha value is -13.4. The van der Waals surface area contributed by atoms with E-state index in [4.69, 9.17) is 32.4 Å². The molecule has 148 heavy (non-hydrogen) atoms. The van der Waals surface area contributed by atoms with E-state index in [0.29, 0.717) is 69.0 Å². The van der Waals surface area contributed by atoms with Crippen molar-refractivity contribution in [1.29, 1.82) is 0 Å². The molecule has 3 aliphatic heterocycles. The zero-order chi connectivity index (χ0) is 108. The number of ether oxygens (including phenoxy) is 2. The van der Waals surface area contributed by atoms with Gasteiger partial charge in [0, 0.05) is 151 Å². The average Bonchev–Trinajstić information content (AvgIpc) is 1.67. The number of fused-ring (bicyclic) bond motifs is 2. The van der Waals surface area contributed by atoms with E-state index in [9.17, 15) is 102 Å². The number of hydrogen-bond acceptors (Lipinski definition) is 28. The number of carboxylic acids is 1. The Morgan fingerprint density at radius 2 is 1.24 bits per heavy atom. The Morgan fingerprint density at radius 1 is 0.615 bits per heavy atom. The highest BCUT2D eigenvalue weighted by Gasteiger charge is 2.43. The summed E-state index contributed by atoms with van der Waals surface area (Å²) in [6.07, 6.45) is 23.6. The lowest BCUT2D eigenvalue weighted by molar-refractivity contribution is -0.142. The molecule has 0 spiro atoms. The summed E-state index contributed by atoms with van der Waals surface area (Å²) in [4.78, 5) is 250. The molecule has 0 unspecified atom stereocenters. The van der Waals surface area contributed by atoms with E-state index in [1.54, 1.807) is 55.7 Å². The molecule has 0 bridgehead atoms. The van der Waals surface area contributed by atoms with Crippen LogP contribution in [0.2, 0.25) is 0 Å². The largest absolute Gasteiger partial charge is 0.481 e. The number of aliphatic imine (C=N–C) groups is 2. The van der Waals surface area contributed by atoms with Crippen LogP contribution in [0.5, 0.6) is 0 Å². The van der Waals surface area contributed by atoms with Gasteiger partial charge < -0.3 is 121 Å². The quantitative estimate of drug-likeness (QED) is 0.0164. The second kappa shape index (κ2) is 69.7. The van der Waals surface area contributed by atoms with Crippen LogP contribution in [0.15, 0.2) is 82.6 Å². The molecular weight excluding hydrogens is 1920 g/mol. The molecule has 2 saturated heterocycles. The highest BCUT2D eigenvalue weighted by molar-refractivity contribution is 6.00. The van der Waals surface area contributed by atoms with Crippen LogP contribution in [0.4, 0.5) is 0 Å².